The summed E-state index contributed by atoms with van der Waals surface area (Å²) in [5, 5.41) is 33.1. The molecule has 6 fully saturated rings. The Kier molecular flexibility index (Phi) is 11.6. The number of aromatic nitrogens is 2. The lowest BCUT2D eigenvalue weighted by Gasteiger charge is -2.26. The quantitative estimate of drug-likeness (QED) is 0.0496. The van der Waals surface area contributed by atoms with E-state index in [1.54, 1.807) is 0 Å². The minimum Gasteiger partial charge on any atom is -0.481 e. The fourth-order valence-corrected chi connectivity index (χ4v) is 12.7. The number of carbonyl (C=O) groups excluding carboxylic acids is 2. The van der Waals surface area contributed by atoms with Crippen LogP contribution in [0.15, 0.2) is 60.9 Å². The number of amides is 2. The summed E-state index contributed by atoms with van der Waals surface area (Å²) in [6.07, 6.45) is 18.9. The van der Waals surface area contributed by atoms with E-state index < -0.39 is 22.8 Å². The summed E-state index contributed by atoms with van der Waals surface area (Å²) in [4.78, 5) is 60.7. The van der Waals surface area contributed by atoms with E-state index in [0.717, 1.165) is 149 Å². The second-order valence-electron chi connectivity index (χ2n) is 21.3. The maximum absolute atomic E-state index is 13.8. The van der Waals surface area contributed by atoms with Gasteiger partial charge >= 0.3 is 11.9 Å². The lowest BCUT2D eigenvalue weighted by molar-refractivity contribution is -0.149. The molecule has 6 N–H and O–H groups in total. The van der Waals surface area contributed by atoms with Crippen LogP contribution in [0.5, 0.6) is 0 Å². The fraction of sp³-hybridized carbons (Fsp3) is 0.519. The molecular weight excluding hydrogens is 829 g/mol. The first-order chi connectivity index (χ1) is 31.8. The van der Waals surface area contributed by atoms with E-state index in [2.05, 4.69) is 31.2 Å². The Morgan fingerprint density at radius 1 is 0.591 bits per heavy atom. The van der Waals surface area contributed by atoms with Crippen LogP contribution in [0.25, 0.3) is 11.1 Å². The van der Waals surface area contributed by atoms with Gasteiger partial charge in [0.25, 0.3) is 11.8 Å². The molecule has 0 spiro atoms. The van der Waals surface area contributed by atoms with Crippen LogP contribution in [-0.4, -0.2) is 57.0 Å². The van der Waals surface area contributed by atoms with Crippen molar-refractivity contribution in [1.82, 2.24) is 20.6 Å². The Balaban J connectivity index is 0.762. The lowest BCUT2D eigenvalue weighted by atomic mass is 9.80. The SMILES string of the molecule is Cc1c(NC(=O)c2cc(C3CC3)c(CNCCC34CCC(C(=O)O)(CC3)C4)cn2)cccc1-c1cccc(NC(=O)c2cc(C3CC3)c(CNCCC34CCC(C(=O)O)(CC3)C4)cn2)c1C. The smallest absolute Gasteiger partial charge is 0.309 e. The van der Waals surface area contributed by atoms with Gasteiger partial charge in [0.1, 0.15) is 11.4 Å². The number of hydrogen-bond donors (Lipinski definition) is 6. The highest BCUT2D eigenvalue weighted by Gasteiger charge is 2.58. The molecule has 0 aliphatic heterocycles. The number of carboxylic acids is 2. The first-order valence-corrected chi connectivity index (χ1v) is 24.5. The molecule has 2 aromatic heterocycles. The van der Waals surface area contributed by atoms with Crippen LogP contribution in [-0.2, 0) is 22.7 Å². The Hall–Kier alpha value is -5.46. The van der Waals surface area contributed by atoms with Crippen LogP contribution in [0.1, 0.15) is 169 Å². The third-order valence-electron chi connectivity index (χ3n) is 17.2. The molecule has 12 nitrogen and oxygen atoms in total. The van der Waals surface area contributed by atoms with E-state index in [1.165, 1.54) is 11.1 Å². The summed E-state index contributed by atoms with van der Waals surface area (Å²) in [7, 11) is 0. The van der Waals surface area contributed by atoms with Gasteiger partial charge in [-0.1, -0.05) is 24.3 Å². The summed E-state index contributed by atoms with van der Waals surface area (Å²) >= 11 is 0. The summed E-state index contributed by atoms with van der Waals surface area (Å²) in [6, 6.07) is 15.7. The summed E-state index contributed by atoms with van der Waals surface area (Å²) in [5.41, 5.74) is 9.77. The molecule has 346 valence electrons. The van der Waals surface area contributed by atoms with Crippen LogP contribution in [0.3, 0.4) is 0 Å². The van der Waals surface area contributed by atoms with Crippen molar-refractivity contribution < 1.29 is 29.4 Å². The minimum atomic E-state index is -0.619. The van der Waals surface area contributed by atoms with Gasteiger partial charge < -0.3 is 31.5 Å². The molecule has 2 amide bonds. The zero-order valence-electron chi connectivity index (χ0n) is 38.5. The fourth-order valence-electron chi connectivity index (χ4n) is 12.7. The highest BCUT2D eigenvalue weighted by Crippen LogP contribution is 2.64. The number of nitrogens with zero attached hydrogens (tertiary/aromatic N) is 2. The van der Waals surface area contributed by atoms with Crippen molar-refractivity contribution in [2.45, 2.75) is 142 Å². The zero-order valence-corrected chi connectivity index (χ0v) is 38.5. The van der Waals surface area contributed by atoms with Gasteiger partial charge in [-0.15, -0.1) is 0 Å². The van der Waals surface area contributed by atoms with Crippen molar-refractivity contribution >= 4 is 35.1 Å². The van der Waals surface area contributed by atoms with Crippen molar-refractivity contribution in [1.29, 1.82) is 0 Å². The molecule has 2 aromatic carbocycles. The topological polar surface area (TPSA) is 183 Å². The van der Waals surface area contributed by atoms with Gasteiger partial charge in [-0.2, -0.15) is 0 Å². The molecule has 10 rings (SSSR count). The van der Waals surface area contributed by atoms with Gasteiger partial charge in [-0.3, -0.25) is 29.1 Å². The lowest BCUT2D eigenvalue weighted by Crippen LogP contribution is -2.25. The number of rotatable bonds is 19. The van der Waals surface area contributed by atoms with E-state index in [-0.39, 0.29) is 22.6 Å². The third kappa shape index (κ3) is 8.55. The van der Waals surface area contributed by atoms with Gasteiger partial charge in [0, 0.05) is 36.9 Å². The van der Waals surface area contributed by atoms with E-state index in [4.69, 9.17) is 0 Å². The van der Waals surface area contributed by atoms with Crippen LogP contribution in [0.4, 0.5) is 11.4 Å². The highest BCUT2D eigenvalue weighted by atomic mass is 16.4. The molecule has 0 saturated heterocycles. The largest absolute Gasteiger partial charge is 0.481 e. The van der Waals surface area contributed by atoms with Crippen molar-refractivity contribution in [3.05, 3.63) is 106 Å². The molecule has 0 atom stereocenters. The standard InChI is InChI=1S/C54H64N6O6/c1-33-39(5-3-7-43(33)59-47(61)45-25-41(35-9-10-35)37(29-57-45)27-55-23-21-51-13-17-53(31-51,18-14-51)49(63)64)40-6-4-8-44(34(40)2)60-48(62)46-26-42(36-11-12-36)38(30-58-46)28-56-24-22-52-15-19-54(32-52,20-16-52)50(65)66/h3-8,25-26,29-30,35-36,55-56H,9-24,27-28,31-32H2,1-2H3,(H,59,61)(H,60,62)(H,63,64)(H,65,66). The number of fused-ring (bicyclic) bond motifs is 4. The van der Waals surface area contributed by atoms with Crippen LogP contribution in [0, 0.1) is 35.5 Å². The van der Waals surface area contributed by atoms with Crippen molar-refractivity contribution in [2.24, 2.45) is 21.7 Å². The first-order valence-electron chi connectivity index (χ1n) is 24.5. The number of anilines is 2. The molecular formula is C54H64N6O6. The second kappa shape index (κ2) is 17.3. The first kappa shape index (κ1) is 44.4. The minimum absolute atomic E-state index is 0.150. The Morgan fingerprint density at radius 2 is 0.985 bits per heavy atom. The Morgan fingerprint density at radius 3 is 1.33 bits per heavy atom. The number of nitrogens with one attached hydrogen (secondary N) is 4. The average Bonchev–Trinajstić information content (AvgIpc) is 4.22. The third-order valence-corrected chi connectivity index (χ3v) is 17.2. The van der Waals surface area contributed by atoms with Crippen LogP contribution in [0.2, 0.25) is 0 Å². The Bertz CT molecular complexity index is 2400. The van der Waals surface area contributed by atoms with Gasteiger partial charge in [0.05, 0.1) is 10.8 Å². The maximum Gasteiger partial charge on any atom is 0.309 e. The number of carboxylic acid groups (broad SMARTS) is 2. The number of benzene rings is 2. The van der Waals surface area contributed by atoms with Gasteiger partial charge in [0.2, 0.25) is 0 Å². The van der Waals surface area contributed by atoms with Crippen molar-refractivity contribution in [3.8, 4) is 11.1 Å². The molecule has 0 unspecified atom stereocenters. The molecule has 12 heteroatoms. The molecule has 6 saturated carbocycles. The molecule has 4 bridgehead atoms. The summed E-state index contributed by atoms with van der Waals surface area (Å²) < 4.78 is 0. The number of aliphatic carboxylic acids is 2. The van der Waals surface area contributed by atoms with Gasteiger partial charge in [-0.05, 0) is 221 Å². The predicted octanol–water partition coefficient (Wildman–Crippen LogP) is 10.0. The average molecular weight is 893 g/mol. The molecule has 6 aliphatic rings. The van der Waals surface area contributed by atoms with E-state index in [9.17, 15) is 29.4 Å². The van der Waals surface area contributed by atoms with Gasteiger partial charge in [0.15, 0.2) is 0 Å². The zero-order chi connectivity index (χ0) is 45.8. The van der Waals surface area contributed by atoms with Gasteiger partial charge in [-0.25, -0.2) is 0 Å². The number of hydrogen-bond acceptors (Lipinski definition) is 8. The molecule has 0 radical (unpaired) electrons. The predicted molar refractivity (Wildman–Crippen MR) is 254 cm³/mol. The Labute approximate surface area is 387 Å². The molecule has 6 aliphatic carbocycles. The van der Waals surface area contributed by atoms with E-state index in [0.29, 0.717) is 47.7 Å². The normalized spacial score (nSPS) is 26.2. The maximum atomic E-state index is 13.8. The number of carbonyl (C=O) groups is 4. The van der Waals surface area contributed by atoms with Crippen molar-refractivity contribution in [3.63, 3.8) is 0 Å². The number of pyridine rings is 2. The van der Waals surface area contributed by atoms with Crippen molar-refractivity contribution in [2.75, 3.05) is 23.7 Å². The van der Waals surface area contributed by atoms with E-state index in [1.807, 2.05) is 74.8 Å². The highest BCUT2D eigenvalue weighted by molar-refractivity contribution is 6.05. The summed E-state index contributed by atoms with van der Waals surface area (Å²) in [5.74, 6) is -0.900. The molecule has 4 aromatic rings. The monoisotopic (exact) mass is 892 g/mol. The molecule has 2 heterocycles. The van der Waals surface area contributed by atoms with Crippen LogP contribution < -0.4 is 21.3 Å². The van der Waals surface area contributed by atoms with Crippen LogP contribution >= 0.6 is 0 Å². The second-order valence-corrected chi connectivity index (χ2v) is 21.3. The summed E-state index contributed by atoms with van der Waals surface area (Å²) in [6.45, 7) is 7.01. The van der Waals surface area contributed by atoms with E-state index >= 15 is 0 Å². The molecule has 66 heavy (non-hydrogen) atoms.